The molecular weight excluding hydrogens is 466 g/mol. The number of rotatable bonds is 8. The zero-order valence-corrected chi connectivity index (χ0v) is 20.5. The van der Waals surface area contributed by atoms with Gasteiger partial charge in [-0.05, 0) is 57.7 Å². The van der Waals surface area contributed by atoms with Crippen LogP contribution >= 0.6 is 0 Å². The van der Waals surface area contributed by atoms with Gasteiger partial charge in [0, 0.05) is 19.2 Å². The van der Waals surface area contributed by atoms with E-state index in [-0.39, 0.29) is 19.7 Å². The van der Waals surface area contributed by atoms with Crippen LogP contribution in [0.4, 0.5) is 0 Å². The second-order valence-corrected chi connectivity index (χ2v) is 8.48. The molecule has 37 heavy (non-hydrogen) atoms. The molecule has 0 spiro atoms. The number of amides is 1. The number of benzene rings is 4. The summed E-state index contributed by atoms with van der Waals surface area (Å²) in [4.78, 5) is 38.1. The lowest BCUT2D eigenvalue weighted by molar-refractivity contribution is -0.160. The first-order valence-electron chi connectivity index (χ1n) is 12.0. The highest BCUT2D eigenvalue weighted by Gasteiger charge is 2.24. The molecular formula is C31H27NO5. The van der Waals surface area contributed by atoms with Crippen molar-refractivity contribution in [2.75, 3.05) is 6.61 Å². The standard InChI is InChI=1S/C31H27NO5/c1-2-37-31(36)30(35)32(20-22-9-4-3-5-10-22)21-26-16-15-25(19-24(26)17-18-29(33)34)28-14-8-12-23-11-6-7-13-27(23)28/h3-19H,2,20-21H2,1H3,(H,33,34)/b18-17+. The van der Waals surface area contributed by atoms with E-state index >= 15 is 0 Å². The predicted octanol–water partition coefficient (Wildman–Crippen LogP) is 5.70. The van der Waals surface area contributed by atoms with Gasteiger partial charge in [0.15, 0.2) is 0 Å². The normalized spacial score (nSPS) is 10.9. The van der Waals surface area contributed by atoms with Crippen LogP contribution in [0, 0.1) is 0 Å². The zero-order valence-electron chi connectivity index (χ0n) is 20.5. The number of hydrogen-bond donors (Lipinski definition) is 1. The number of esters is 1. The van der Waals surface area contributed by atoms with E-state index in [0.29, 0.717) is 11.1 Å². The predicted molar refractivity (Wildman–Crippen MR) is 143 cm³/mol. The van der Waals surface area contributed by atoms with E-state index in [4.69, 9.17) is 4.74 Å². The van der Waals surface area contributed by atoms with Crippen molar-refractivity contribution in [2.45, 2.75) is 20.0 Å². The van der Waals surface area contributed by atoms with Crippen molar-refractivity contribution >= 4 is 34.7 Å². The average molecular weight is 494 g/mol. The van der Waals surface area contributed by atoms with Gasteiger partial charge in [-0.3, -0.25) is 4.79 Å². The molecule has 6 heteroatoms. The van der Waals surface area contributed by atoms with E-state index in [0.717, 1.165) is 33.5 Å². The summed E-state index contributed by atoms with van der Waals surface area (Å²) in [7, 11) is 0. The van der Waals surface area contributed by atoms with Crippen LogP contribution in [0.5, 0.6) is 0 Å². The number of aliphatic carboxylic acids is 1. The molecule has 0 fully saturated rings. The summed E-state index contributed by atoms with van der Waals surface area (Å²) in [6.45, 7) is 2.04. The van der Waals surface area contributed by atoms with Crippen molar-refractivity contribution in [3.05, 3.63) is 114 Å². The van der Waals surface area contributed by atoms with Gasteiger partial charge in [0.2, 0.25) is 0 Å². The second kappa shape index (κ2) is 11.8. The van der Waals surface area contributed by atoms with Crippen molar-refractivity contribution in [3.8, 4) is 11.1 Å². The van der Waals surface area contributed by atoms with Gasteiger partial charge in [-0.25, -0.2) is 9.59 Å². The molecule has 0 saturated heterocycles. The Morgan fingerprint density at radius 2 is 1.59 bits per heavy atom. The highest BCUT2D eigenvalue weighted by molar-refractivity contribution is 6.32. The summed E-state index contributed by atoms with van der Waals surface area (Å²) in [6, 6.07) is 29.2. The molecule has 4 aromatic carbocycles. The Balaban J connectivity index is 1.75. The number of carboxylic acids is 1. The quantitative estimate of drug-likeness (QED) is 0.193. The van der Waals surface area contributed by atoms with Crippen LogP contribution in [0.2, 0.25) is 0 Å². The third-order valence-electron chi connectivity index (χ3n) is 5.97. The van der Waals surface area contributed by atoms with Gasteiger partial charge in [-0.2, -0.15) is 0 Å². The van der Waals surface area contributed by atoms with Crippen LogP contribution in [0.15, 0.2) is 97.1 Å². The molecule has 0 aliphatic rings. The van der Waals surface area contributed by atoms with Crippen LogP contribution in [0.25, 0.3) is 28.0 Å². The van der Waals surface area contributed by atoms with Crippen molar-refractivity contribution < 1.29 is 24.2 Å². The van der Waals surface area contributed by atoms with E-state index in [9.17, 15) is 19.5 Å². The minimum atomic E-state index is -1.08. The number of carbonyl (C=O) groups excluding carboxylic acids is 2. The summed E-state index contributed by atoms with van der Waals surface area (Å²) >= 11 is 0. The van der Waals surface area contributed by atoms with Crippen LogP contribution in [0.3, 0.4) is 0 Å². The molecule has 1 amide bonds. The molecule has 4 aromatic rings. The van der Waals surface area contributed by atoms with E-state index in [1.165, 1.54) is 11.0 Å². The van der Waals surface area contributed by atoms with Gasteiger partial charge in [0.1, 0.15) is 0 Å². The first kappa shape index (κ1) is 25.4. The summed E-state index contributed by atoms with van der Waals surface area (Å²) in [5.41, 5.74) is 4.13. The number of carboxylic acid groups (broad SMARTS) is 1. The summed E-state index contributed by atoms with van der Waals surface area (Å²) in [5, 5.41) is 11.5. The van der Waals surface area contributed by atoms with Crippen molar-refractivity contribution in [3.63, 3.8) is 0 Å². The minimum absolute atomic E-state index is 0.0933. The smallest absolute Gasteiger partial charge is 0.397 e. The summed E-state index contributed by atoms with van der Waals surface area (Å²) < 4.78 is 4.97. The zero-order chi connectivity index (χ0) is 26.2. The van der Waals surface area contributed by atoms with Crippen molar-refractivity contribution in [1.29, 1.82) is 0 Å². The lowest BCUT2D eigenvalue weighted by Gasteiger charge is -2.23. The fourth-order valence-electron chi connectivity index (χ4n) is 4.23. The highest BCUT2D eigenvalue weighted by atomic mass is 16.5. The Morgan fingerprint density at radius 3 is 2.35 bits per heavy atom. The van der Waals surface area contributed by atoms with Gasteiger partial charge in [0.25, 0.3) is 0 Å². The van der Waals surface area contributed by atoms with Crippen molar-refractivity contribution in [1.82, 2.24) is 4.90 Å². The molecule has 0 atom stereocenters. The fraction of sp³-hybridized carbons (Fsp3) is 0.129. The summed E-state index contributed by atoms with van der Waals surface area (Å²) in [6.07, 6.45) is 2.59. The molecule has 0 bridgehead atoms. The number of hydrogen-bond acceptors (Lipinski definition) is 4. The molecule has 4 rings (SSSR count). The second-order valence-electron chi connectivity index (χ2n) is 8.48. The lowest BCUT2D eigenvalue weighted by atomic mass is 9.94. The number of carbonyl (C=O) groups is 3. The van der Waals surface area contributed by atoms with Gasteiger partial charge in [0.05, 0.1) is 6.61 Å². The first-order chi connectivity index (χ1) is 18.0. The molecule has 0 radical (unpaired) electrons. The third kappa shape index (κ3) is 6.30. The maximum Gasteiger partial charge on any atom is 0.397 e. The molecule has 0 aliphatic carbocycles. The molecule has 0 heterocycles. The van der Waals surface area contributed by atoms with Crippen LogP contribution < -0.4 is 0 Å². The maximum atomic E-state index is 13.0. The molecule has 0 aromatic heterocycles. The summed E-state index contributed by atoms with van der Waals surface area (Å²) in [5.74, 6) is -2.75. The highest BCUT2D eigenvalue weighted by Crippen LogP contribution is 2.31. The maximum absolute atomic E-state index is 13.0. The van der Waals surface area contributed by atoms with E-state index < -0.39 is 17.8 Å². The number of nitrogens with zero attached hydrogens (tertiary/aromatic N) is 1. The third-order valence-corrected chi connectivity index (χ3v) is 5.97. The lowest BCUT2D eigenvalue weighted by Crippen LogP contribution is -2.37. The fourth-order valence-corrected chi connectivity index (χ4v) is 4.23. The van der Waals surface area contributed by atoms with Gasteiger partial charge in [-0.1, -0.05) is 84.9 Å². The Bertz CT molecular complexity index is 1450. The van der Waals surface area contributed by atoms with E-state index in [1.807, 2.05) is 91.0 Å². The molecule has 0 aliphatic heterocycles. The molecule has 6 nitrogen and oxygen atoms in total. The van der Waals surface area contributed by atoms with Crippen LogP contribution in [-0.2, 0) is 32.2 Å². The van der Waals surface area contributed by atoms with Gasteiger partial charge in [-0.15, -0.1) is 0 Å². The van der Waals surface area contributed by atoms with Crippen LogP contribution in [-0.4, -0.2) is 34.5 Å². The Morgan fingerprint density at radius 1 is 0.865 bits per heavy atom. The van der Waals surface area contributed by atoms with Crippen molar-refractivity contribution in [2.24, 2.45) is 0 Å². The van der Waals surface area contributed by atoms with Gasteiger partial charge < -0.3 is 14.7 Å². The number of fused-ring (bicyclic) bond motifs is 1. The Labute approximate surface area is 215 Å². The van der Waals surface area contributed by atoms with Crippen LogP contribution in [0.1, 0.15) is 23.6 Å². The van der Waals surface area contributed by atoms with Gasteiger partial charge >= 0.3 is 17.8 Å². The first-order valence-corrected chi connectivity index (χ1v) is 12.0. The molecule has 0 saturated carbocycles. The molecule has 186 valence electrons. The SMILES string of the molecule is CCOC(=O)C(=O)N(Cc1ccccc1)Cc1ccc(-c2cccc3ccccc23)cc1/C=C/C(=O)O. The average Bonchev–Trinajstić information content (AvgIpc) is 2.92. The Kier molecular flexibility index (Phi) is 8.11. The van der Waals surface area contributed by atoms with E-state index in [1.54, 1.807) is 6.92 Å². The topological polar surface area (TPSA) is 83.9 Å². The number of ether oxygens (including phenoxy) is 1. The molecule has 0 unspecified atom stereocenters. The molecule has 1 N–H and O–H groups in total. The largest absolute Gasteiger partial charge is 0.478 e. The Hall–Kier alpha value is -4.71. The monoisotopic (exact) mass is 493 g/mol. The minimum Gasteiger partial charge on any atom is -0.478 e. The van der Waals surface area contributed by atoms with E-state index in [2.05, 4.69) is 0 Å².